The second-order valence-corrected chi connectivity index (χ2v) is 5.23. The normalized spacial score (nSPS) is 11.6. The van der Waals surface area contributed by atoms with Crippen molar-refractivity contribution in [2.24, 2.45) is 0 Å². The number of nitrogens with one attached hydrogen (secondary N) is 2. The van der Waals surface area contributed by atoms with Crippen LogP contribution in [0.2, 0.25) is 0 Å². The molecule has 7 heteroatoms. The predicted molar refractivity (Wildman–Crippen MR) is 91.2 cm³/mol. The van der Waals surface area contributed by atoms with Gasteiger partial charge in [0.1, 0.15) is 12.7 Å². The van der Waals surface area contributed by atoms with Gasteiger partial charge in [-0.2, -0.15) is 0 Å². The van der Waals surface area contributed by atoms with Crippen molar-refractivity contribution < 1.29 is 24.2 Å². The van der Waals surface area contributed by atoms with E-state index in [-0.39, 0.29) is 13.2 Å². The molecule has 0 bridgehead atoms. The van der Waals surface area contributed by atoms with E-state index in [9.17, 15) is 14.7 Å². The van der Waals surface area contributed by atoms with Crippen LogP contribution in [0.3, 0.4) is 0 Å². The van der Waals surface area contributed by atoms with Crippen molar-refractivity contribution >= 4 is 17.7 Å². The summed E-state index contributed by atoms with van der Waals surface area (Å²) in [5.41, 5.74) is 0.862. The van der Waals surface area contributed by atoms with Gasteiger partial charge in [-0.1, -0.05) is 13.3 Å². The van der Waals surface area contributed by atoms with Crippen LogP contribution in [0.15, 0.2) is 24.3 Å². The molecule has 1 unspecified atom stereocenters. The smallest absolute Gasteiger partial charge is 0.411 e. The summed E-state index contributed by atoms with van der Waals surface area (Å²) in [5, 5.41) is 15.4. The Balaban J connectivity index is 2.35. The second kappa shape index (κ2) is 11.4. The molecule has 1 atom stereocenters. The molecule has 0 saturated heterocycles. The molecular weight excluding hydrogens is 312 g/mol. The molecule has 0 saturated carbocycles. The number of unbranched alkanes of at least 4 members (excludes halogenated alkanes) is 1. The Hall–Kier alpha value is -2.12. The molecule has 1 aromatic carbocycles. The zero-order valence-electron chi connectivity index (χ0n) is 14.2. The van der Waals surface area contributed by atoms with Crippen LogP contribution in [-0.2, 0) is 9.47 Å². The van der Waals surface area contributed by atoms with Crippen LogP contribution < -0.4 is 10.6 Å². The molecule has 0 aliphatic rings. The van der Waals surface area contributed by atoms with Gasteiger partial charge in [-0.05, 0) is 44.2 Å². The highest BCUT2D eigenvalue weighted by Crippen LogP contribution is 2.11. The number of carbonyl (C=O) groups is 2. The van der Waals surface area contributed by atoms with Gasteiger partial charge in [-0.25, -0.2) is 9.59 Å². The minimum absolute atomic E-state index is 0.0687. The molecule has 7 nitrogen and oxygen atoms in total. The van der Waals surface area contributed by atoms with E-state index in [4.69, 9.17) is 9.47 Å². The van der Waals surface area contributed by atoms with E-state index in [0.29, 0.717) is 17.8 Å². The van der Waals surface area contributed by atoms with Crippen LogP contribution in [0.4, 0.5) is 10.5 Å². The van der Waals surface area contributed by atoms with E-state index in [2.05, 4.69) is 17.6 Å². The minimum atomic E-state index is -0.740. The average molecular weight is 338 g/mol. The average Bonchev–Trinajstić information content (AvgIpc) is 2.57. The van der Waals surface area contributed by atoms with Crippen molar-refractivity contribution in [2.75, 3.05) is 31.6 Å². The highest BCUT2D eigenvalue weighted by atomic mass is 16.5. The number of hydrogen-bond acceptors (Lipinski definition) is 6. The molecule has 0 aromatic heterocycles. The fraction of sp³-hybridized carbons (Fsp3) is 0.529. The number of amides is 1. The Bertz CT molecular complexity index is 504. The molecule has 24 heavy (non-hydrogen) atoms. The molecule has 134 valence electrons. The Morgan fingerprint density at radius 1 is 1.17 bits per heavy atom. The summed E-state index contributed by atoms with van der Waals surface area (Å²) in [4.78, 5) is 23.2. The summed E-state index contributed by atoms with van der Waals surface area (Å²) in [6.07, 6.45) is 0.833. The summed E-state index contributed by atoms with van der Waals surface area (Å²) in [6.45, 7) is 5.23. The molecule has 1 rings (SSSR count). The van der Waals surface area contributed by atoms with Crippen LogP contribution in [0, 0.1) is 0 Å². The molecule has 3 N–H and O–H groups in total. The van der Waals surface area contributed by atoms with Gasteiger partial charge in [0.15, 0.2) is 0 Å². The third-order valence-electron chi connectivity index (χ3n) is 3.14. The largest absolute Gasteiger partial charge is 0.459 e. The maximum absolute atomic E-state index is 11.9. The molecule has 0 aliphatic heterocycles. The van der Waals surface area contributed by atoms with Crippen molar-refractivity contribution in [1.29, 1.82) is 0 Å². The van der Waals surface area contributed by atoms with E-state index in [0.717, 1.165) is 19.4 Å². The molecule has 0 radical (unpaired) electrons. The number of anilines is 1. The van der Waals surface area contributed by atoms with Gasteiger partial charge in [-0.3, -0.25) is 5.32 Å². The molecule has 0 spiro atoms. The van der Waals surface area contributed by atoms with Crippen molar-refractivity contribution in [3.63, 3.8) is 0 Å². The first-order chi connectivity index (χ1) is 11.6. The maximum Gasteiger partial charge on any atom is 0.411 e. The highest BCUT2D eigenvalue weighted by Gasteiger charge is 2.11. The van der Waals surface area contributed by atoms with Crippen molar-refractivity contribution in [3.8, 4) is 0 Å². The molecule has 0 aliphatic carbocycles. The van der Waals surface area contributed by atoms with Crippen LogP contribution in [0.1, 0.15) is 37.0 Å². The van der Waals surface area contributed by atoms with Gasteiger partial charge in [0, 0.05) is 12.2 Å². The second-order valence-electron chi connectivity index (χ2n) is 5.23. The van der Waals surface area contributed by atoms with E-state index < -0.39 is 18.2 Å². The van der Waals surface area contributed by atoms with Crippen molar-refractivity contribution in [2.45, 2.75) is 32.8 Å². The Kier molecular flexibility index (Phi) is 9.48. The first-order valence-corrected chi connectivity index (χ1v) is 8.16. The van der Waals surface area contributed by atoms with Crippen LogP contribution >= 0.6 is 0 Å². The number of esters is 1. The lowest BCUT2D eigenvalue weighted by Crippen LogP contribution is -2.31. The Morgan fingerprint density at radius 2 is 1.88 bits per heavy atom. The third-order valence-corrected chi connectivity index (χ3v) is 3.14. The highest BCUT2D eigenvalue weighted by molar-refractivity contribution is 5.91. The summed E-state index contributed by atoms with van der Waals surface area (Å²) < 4.78 is 9.83. The number of aliphatic hydroxyl groups excluding tert-OH is 1. The standard InChI is InChI=1S/C17H26N2O5/c1-3-5-10-18-11-15(20)12-24-16(21)13-6-8-14(9-7-13)19-17(22)23-4-2/h6-9,15,18,20H,3-5,10-12H2,1-2H3,(H,19,22). The third kappa shape index (κ3) is 7.94. The number of rotatable bonds is 10. The summed E-state index contributed by atoms with van der Waals surface area (Å²) >= 11 is 0. The van der Waals surface area contributed by atoms with Crippen LogP contribution in [-0.4, -0.2) is 49.6 Å². The van der Waals surface area contributed by atoms with Gasteiger partial charge < -0.3 is 19.9 Å². The number of hydrogen-bond donors (Lipinski definition) is 3. The first kappa shape index (κ1) is 19.9. The zero-order valence-corrected chi connectivity index (χ0v) is 14.2. The Labute approximate surface area is 142 Å². The fourth-order valence-electron chi connectivity index (χ4n) is 1.86. The van der Waals surface area contributed by atoms with E-state index in [1.807, 2.05) is 0 Å². The predicted octanol–water partition coefficient (Wildman–Crippen LogP) is 2.16. The molecule has 1 amide bonds. The van der Waals surface area contributed by atoms with E-state index in [1.54, 1.807) is 19.1 Å². The lowest BCUT2D eigenvalue weighted by molar-refractivity contribution is 0.0259. The maximum atomic E-state index is 11.9. The van der Waals surface area contributed by atoms with Gasteiger partial charge >= 0.3 is 12.1 Å². The minimum Gasteiger partial charge on any atom is -0.459 e. The number of carbonyl (C=O) groups excluding carboxylic acids is 2. The summed E-state index contributed by atoms with van der Waals surface area (Å²) in [7, 11) is 0. The van der Waals surface area contributed by atoms with Gasteiger partial charge in [0.25, 0.3) is 0 Å². The van der Waals surface area contributed by atoms with Gasteiger partial charge in [-0.15, -0.1) is 0 Å². The number of aliphatic hydroxyl groups is 1. The number of ether oxygens (including phenoxy) is 2. The summed E-state index contributed by atoms with van der Waals surface area (Å²) in [6, 6.07) is 6.23. The Morgan fingerprint density at radius 3 is 2.50 bits per heavy atom. The molecule has 0 fully saturated rings. The SMILES string of the molecule is CCCCNCC(O)COC(=O)c1ccc(NC(=O)OCC)cc1. The summed E-state index contributed by atoms with van der Waals surface area (Å²) in [5.74, 6) is -0.523. The van der Waals surface area contributed by atoms with E-state index in [1.165, 1.54) is 12.1 Å². The topological polar surface area (TPSA) is 96.9 Å². The lowest BCUT2D eigenvalue weighted by atomic mass is 10.2. The monoisotopic (exact) mass is 338 g/mol. The van der Waals surface area contributed by atoms with Crippen molar-refractivity contribution in [1.82, 2.24) is 5.32 Å². The lowest BCUT2D eigenvalue weighted by Gasteiger charge is -2.12. The molecule has 0 heterocycles. The zero-order chi connectivity index (χ0) is 17.8. The van der Waals surface area contributed by atoms with Crippen LogP contribution in [0.5, 0.6) is 0 Å². The van der Waals surface area contributed by atoms with Crippen LogP contribution in [0.25, 0.3) is 0 Å². The van der Waals surface area contributed by atoms with E-state index >= 15 is 0 Å². The van der Waals surface area contributed by atoms with Gasteiger partial charge in [0.2, 0.25) is 0 Å². The quantitative estimate of drug-likeness (QED) is 0.447. The first-order valence-electron chi connectivity index (χ1n) is 8.16. The fourth-order valence-corrected chi connectivity index (χ4v) is 1.86. The van der Waals surface area contributed by atoms with Crippen molar-refractivity contribution in [3.05, 3.63) is 29.8 Å². The molecular formula is C17H26N2O5. The number of benzene rings is 1. The molecule has 1 aromatic rings. The van der Waals surface area contributed by atoms with Gasteiger partial charge in [0.05, 0.1) is 12.2 Å².